The fraction of sp³-hybridized carbons (Fsp3) is 0.160. The van der Waals surface area contributed by atoms with Gasteiger partial charge in [-0.25, -0.2) is 0 Å². The van der Waals surface area contributed by atoms with Crippen LogP contribution in [0.5, 0.6) is 0 Å². The van der Waals surface area contributed by atoms with Gasteiger partial charge in [-0.15, -0.1) is 0 Å². The zero-order chi connectivity index (χ0) is 18.8. The SMILES string of the molecule is Cc1cc(C)c(N/N=C/c2ccccc2C2C=Cc3ccccc32)c(C)c1. The summed E-state index contributed by atoms with van der Waals surface area (Å²) in [5.41, 5.74) is 13.1. The quantitative estimate of drug-likeness (QED) is 0.438. The molecular formula is C25H24N2. The van der Waals surface area contributed by atoms with Crippen molar-refractivity contribution < 1.29 is 0 Å². The van der Waals surface area contributed by atoms with Crippen LogP contribution in [0.3, 0.4) is 0 Å². The second-order valence-corrected chi connectivity index (χ2v) is 7.24. The Balaban J connectivity index is 1.62. The minimum atomic E-state index is 0.284. The fourth-order valence-corrected chi connectivity index (χ4v) is 3.96. The molecule has 1 atom stereocenters. The van der Waals surface area contributed by atoms with Gasteiger partial charge in [0.15, 0.2) is 0 Å². The van der Waals surface area contributed by atoms with Crippen molar-refractivity contribution in [2.45, 2.75) is 26.7 Å². The van der Waals surface area contributed by atoms with Gasteiger partial charge in [-0.1, -0.05) is 78.4 Å². The Morgan fingerprint density at radius 2 is 1.52 bits per heavy atom. The molecule has 3 aromatic rings. The van der Waals surface area contributed by atoms with Crippen LogP contribution < -0.4 is 5.43 Å². The van der Waals surface area contributed by atoms with Crippen LogP contribution in [0.4, 0.5) is 5.69 Å². The largest absolute Gasteiger partial charge is 0.278 e. The zero-order valence-electron chi connectivity index (χ0n) is 16.0. The minimum absolute atomic E-state index is 0.284. The number of allylic oxidation sites excluding steroid dienone is 1. The van der Waals surface area contributed by atoms with Crippen molar-refractivity contribution in [2.24, 2.45) is 5.10 Å². The normalized spacial score (nSPS) is 15.3. The summed E-state index contributed by atoms with van der Waals surface area (Å²) in [7, 11) is 0. The van der Waals surface area contributed by atoms with Gasteiger partial charge in [0.1, 0.15) is 0 Å². The van der Waals surface area contributed by atoms with Crippen molar-refractivity contribution in [1.82, 2.24) is 0 Å². The molecule has 1 unspecified atom stereocenters. The fourth-order valence-electron chi connectivity index (χ4n) is 3.96. The third-order valence-electron chi connectivity index (χ3n) is 5.19. The van der Waals surface area contributed by atoms with Crippen molar-refractivity contribution in [3.05, 3.63) is 106 Å². The number of rotatable bonds is 4. The third-order valence-corrected chi connectivity index (χ3v) is 5.19. The summed E-state index contributed by atoms with van der Waals surface area (Å²) in [6.07, 6.45) is 6.42. The molecule has 134 valence electrons. The topological polar surface area (TPSA) is 24.4 Å². The first kappa shape index (κ1) is 17.3. The van der Waals surface area contributed by atoms with Crippen LogP contribution >= 0.6 is 0 Å². The highest BCUT2D eigenvalue weighted by atomic mass is 15.3. The molecule has 3 aromatic carbocycles. The van der Waals surface area contributed by atoms with Crippen molar-refractivity contribution in [3.63, 3.8) is 0 Å². The Morgan fingerprint density at radius 1 is 0.852 bits per heavy atom. The van der Waals surface area contributed by atoms with Crippen LogP contribution in [-0.4, -0.2) is 6.21 Å². The van der Waals surface area contributed by atoms with E-state index >= 15 is 0 Å². The molecule has 0 aromatic heterocycles. The molecule has 2 nitrogen and oxygen atoms in total. The molecule has 0 aliphatic heterocycles. The summed E-state index contributed by atoms with van der Waals surface area (Å²) in [5.74, 6) is 0.284. The van der Waals surface area contributed by atoms with Gasteiger partial charge >= 0.3 is 0 Å². The summed E-state index contributed by atoms with van der Waals surface area (Å²) in [6, 6.07) is 21.4. The molecule has 1 aliphatic rings. The van der Waals surface area contributed by atoms with E-state index in [1.165, 1.54) is 33.4 Å². The van der Waals surface area contributed by atoms with E-state index in [2.05, 4.69) is 104 Å². The smallest absolute Gasteiger partial charge is 0.0620 e. The van der Waals surface area contributed by atoms with Gasteiger partial charge in [-0.05, 0) is 54.2 Å². The van der Waals surface area contributed by atoms with Crippen LogP contribution in [0, 0.1) is 20.8 Å². The summed E-state index contributed by atoms with van der Waals surface area (Å²) in [6.45, 7) is 6.36. The predicted molar refractivity (Wildman–Crippen MR) is 116 cm³/mol. The summed E-state index contributed by atoms with van der Waals surface area (Å²) < 4.78 is 0. The maximum atomic E-state index is 4.55. The Bertz CT molecular complexity index is 1020. The van der Waals surface area contributed by atoms with Crippen LogP contribution in [0.2, 0.25) is 0 Å². The maximum Gasteiger partial charge on any atom is 0.0620 e. The second kappa shape index (κ2) is 7.24. The van der Waals surface area contributed by atoms with E-state index < -0.39 is 0 Å². The lowest BCUT2D eigenvalue weighted by Crippen LogP contribution is -2.02. The molecule has 0 radical (unpaired) electrons. The third kappa shape index (κ3) is 3.43. The van der Waals surface area contributed by atoms with Crippen molar-refractivity contribution in [2.75, 3.05) is 5.43 Å². The van der Waals surface area contributed by atoms with Gasteiger partial charge in [0.25, 0.3) is 0 Å². The molecule has 4 rings (SSSR count). The van der Waals surface area contributed by atoms with Gasteiger partial charge in [-0.2, -0.15) is 5.10 Å². The van der Waals surface area contributed by atoms with E-state index in [4.69, 9.17) is 0 Å². The highest BCUT2D eigenvalue weighted by molar-refractivity contribution is 5.84. The monoisotopic (exact) mass is 352 g/mol. The molecule has 0 saturated heterocycles. The molecule has 2 heteroatoms. The van der Waals surface area contributed by atoms with Gasteiger partial charge in [0.2, 0.25) is 0 Å². The Morgan fingerprint density at radius 3 is 2.30 bits per heavy atom. The molecule has 0 saturated carbocycles. The van der Waals surface area contributed by atoms with Crippen LogP contribution in [0.15, 0.2) is 71.8 Å². The molecule has 0 spiro atoms. The summed E-state index contributed by atoms with van der Waals surface area (Å²) in [5, 5.41) is 4.55. The van der Waals surface area contributed by atoms with Crippen LogP contribution in [-0.2, 0) is 0 Å². The van der Waals surface area contributed by atoms with Gasteiger partial charge in [0, 0.05) is 5.92 Å². The van der Waals surface area contributed by atoms with Gasteiger partial charge in [-0.3, -0.25) is 5.43 Å². The first-order valence-corrected chi connectivity index (χ1v) is 9.36. The highest BCUT2D eigenvalue weighted by Gasteiger charge is 2.20. The number of hydrogen-bond acceptors (Lipinski definition) is 2. The summed E-state index contributed by atoms with van der Waals surface area (Å²) in [4.78, 5) is 0. The average molecular weight is 352 g/mol. The second-order valence-electron chi connectivity index (χ2n) is 7.24. The number of fused-ring (bicyclic) bond motifs is 1. The number of hydrazone groups is 1. The molecule has 1 aliphatic carbocycles. The number of benzene rings is 3. The summed E-state index contributed by atoms with van der Waals surface area (Å²) >= 11 is 0. The first-order chi connectivity index (χ1) is 13.1. The lowest BCUT2D eigenvalue weighted by atomic mass is 9.90. The van der Waals surface area contributed by atoms with Crippen LogP contribution in [0.1, 0.15) is 44.9 Å². The minimum Gasteiger partial charge on any atom is -0.278 e. The Kier molecular flexibility index (Phi) is 4.64. The molecule has 27 heavy (non-hydrogen) atoms. The maximum absolute atomic E-state index is 4.55. The molecule has 1 N–H and O–H groups in total. The van der Waals surface area contributed by atoms with E-state index in [0.29, 0.717) is 0 Å². The van der Waals surface area contributed by atoms with Crippen molar-refractivity contribution in [3.8, 4) is 0 Å². The van der Waals surface area contributed by atoms with E-state index in [0.717, 1.165) is 11.3 Å². The highest BCUT2D eigenvalue weighted by Crippen LogP contribution is 2.36. The average Bonchev–Trinajstić information content (AvgIpc) is 3.08. The lowest BCUT2D eigenvalue weighted by molar-refractivity contribution is 1.05. The van der Waals surface area contributed by atoms with E-state index in [1.54, 1.807) is 0 Å². The predicted octanol–water partition coefficient (Wildman–Crippen LogP) is 6.22. The number of nitrogens with zero attached hydrogens (tertiary/aromatic N) is 1. The molecular weight excluding hydrogens is 328 g/mol. The standard InChI is InChI=1S/C25H24N2/c1-17-14-18(2)25(19(3)15-17)27-26-16-21-9-5-7-11-23(21)24-13-12-20-8-4-6-10-22(20)24/h4-16,24,27H,1-3H3/b26-16+. The molecule has 0 bridgehead atoms. The van der Waals surface area contributed by atoms with Gasteiger partial charge < -0.3 is 0 Å². The van der Waals surface area contributed by atoms with Crippen molar-refractivity contribution in [1.29, 1.82) is 0 Å². The van der Waals surface area contributed by atoms with E-state index in [9.17, 15) is 0 Å². The zero-order valence-corrected chi connectivity index (χ0v) is 16.0. The van der Waals surface area contributed by atoms with Gasteiger partial charge in [0.05, 0.1) is 11.9 Å². The Labute approximate surface area is 161 Å². The van der Waals surface area contributed by atoms with E-state index in [-0.39, 0.29) is 5.92 Å². The number of aryl methyl sites for hydroxylation is 3. The molecule has 0 fully saturated rings. The number of hydrogen-bond donors (Lipinski definition) is 1. The molecule has 0 amide bonds. The first-order valence-electron chi connectivity index (χ1n) is 9.36. The van der Waals surface area contributed by atoms with E-state index in [1.807, 2.05) is 6.21 Å². The van der Waals surface area contributed by atoms with Crippen LogP contribution in [0.25, 0.3) is 6.08 Å². The Hall–Kier alpha value is -3.13. The molecule has 0 heterocycles. The van der Waals surface area contributed by atoms with Crippen molar-refractivity contribution >= 4 is 18.0 Å². The number of anilines is 1. The lowest BCUT2D eigenvalue weighted by Gasteiger charge is -2.14. The number of nitrogens with one attached hydrogen (secondary N) is 1.